The van der Waals surface area contributed by atoms with E-state index in [4.69, 9.17) is 10.4 Å². The number of nitrogens with zero attached hydrogens (tertiary/aromatic N) is 3. The Bertz CT molecular complexity index is 361. The minimum atomic E-state index is 0.286. The summed E-state index contributed by atoms with van der Waals surface area (Å²) in [6.45, 7) is 2.96. The summed E-state index contributed by atoms with van der Waals surface area (Å²) in [6.07, 6.45) is 8.44. The molecule has 4 heteroatoms. The molecule has 1 heterocycles. The van der Waals surface area contributed by atoms with Crippen molar-refractivity contribution in [3.8, 4) is 6.07 Å². The number of hydrogen-bond acceptors (Lipinski definition) is 4. The van der Waals surface area contributed by atoms with Crippen LogP contribution < -0.4 is 0 Å². The summed E-state index contributed by atoms with van der Waals surface area (Å²) < 4.78 is 0. The van der Waals surface area contributed by atoms with Crippen molar-refractivity contribution in [2.75, 3.05) is 19.7 Å². The lowest BCUT2D eigenvalue weighted by atomic mass is 10.2. The zero-order valence-electron chi connectivity index (χ0n) is 11.5. The van der Waals surface area contributed by atoms with Gasteiger partial charge in [0.1, 0.15) is 0 Å². The fourth-order valence-corrected chi connectivity index (χ4v) is 2.03. The summed E-state index contributed by atoms with van der Waals surface area (Å²) in [4.78, 5) is 6.42. The molecule has 0 unspecified atom stereocenters. The molecule has 0 radical (unpaired) electrons. The molecule has 0 aliphatic carbocycles. The molecule has 1 N–H and O–H groups in total. The van der Waals surface area contributed by atoms with Crippen molar-refractivity contribution in [1.82, 2.24) is 9.88 Å². The van der Waals surface area contributed by atoms with Gasteiger partial charge in [-0.05, 0) is 31.0 Å². The molecule has 0 bridgehead atoms. The van der Waals surface area contributed by atoms with Crippen molar-refractivity contribution in [3.63, 3.8) is 0 Å². The first-order valence-corrected chi connectivity index (χ1v) is 6.96. The van der Waals surface area contributed by atoms with Gasteiger partial charge in [0, 0.05) is 38.5 Å². The molecule has 0 saturated carbocycles. The van der Waals surface area contributed by atoms with E-state index in [-0.39, 0.29) is 6.61 Å². The van der Waals surface area contributed by atoms with Crippen molar-refractivity contribution in [3.05, 3.63) is 30.1 Å². The van der Waals surface area contributed by atoms with Crippen molar-refractivity contribution >= 4 is 0 Å². The largest absolute Gasteiger partial charge is 0.396 e. The lowest BCUT2D eigenvalue weighted by Crippen LogP contribution is -2.25. The first kappa shape index (κ1) is 15.6. The molecular formula is C15H23N3O. The summed E-state index contributed by atoms with van der Waals surface area (Å²) in [5.41, 5.74) is 1.19. The highest BCUT2D eigenvalue weighted by molar-refractivity contribution is 5.08. The maximum atomic E-state index is 8.73. The van der Waals surface area contributed by atoms with Gasteiger partial charge in [0.25, 0.3) is 0 Å². The molecule has 19 heavy (non-hydrogen) atoms. The van der Waals surface area contributed by atoms with Gasteiger partial charge in [-0.1, -0.05) is 18.9 Å². The standard InChI is InChI=1S/C15H23N3O/c16-8-6-11-18(10-3-1-2-4-12-19)14-15-7-5-9-17-13-15/h5,7,9,13,19H,1-4,6,10-12,14H2. The van der Waals surface area contributed by atoms with E-state index in [9.17, 15) is 0 Å². The first-order chi connectivity index (χ1) is 9.36. The topological polar surface area (TPSA) is 60.2 Å². The van der Waals surface area contributed by atoms with Crippen LogP contribution in [0.5, 0.6) is 0 Å². The number of rotatable bonds is 10. The van der Waals surface area contributed by atoms with Gasteiger partial charge < -0.3 is 5.11 Å². The molecule has 0 aliphatic heterocycles. The molecule has 0 aliphatic rings. The van der Waals surface area contributed by atoms with Crippen LogP contribution in [0.25, 0.3) is 0 Å². The third-order valence-corrected chi connectivity index (χ3v) is 3.05. The zero-order valence-corrected chi connectivity index (χ0v) is 11.5. The highest BCUT2D eigenvalue weighted by atomic mass is 16.2. The van der Waals surface area contributed by atoms with E-state index in [1.54, 1.807) is 6.20 Å². The fraction of sp³-hybridized carbons (Fsp3) is 0.600. The molecule has 1 aromatic rings. The first-order valence-electron chi connectivity index (χ1n) is 6.96. The van der Waals surface area contributed by atoms with Gasteiger partial charge in [-0.25, -0.2) is 0 Å². The Balaban J connectivity index is 2.32. The quantitative estimate of drug-likeness (QED) is 0.657. The Kier molecular flexibility index (Phi) is 8.61. The molecule has 104 valence electrons. The second-order valence-corrected chi connectivity index (χ2v) is 4.68. The van der Waals surface area contributed by atoms with Crippen LogP contribution in [0.2, 0.25) is 0 Å². The third-order valence-electron chi connectivity index (χ3n) is 3.05. The molecule has 0 fully saturated rings. The average Bonchev–Trinajstić information content (AvgIpc) is 2.45. The van der Waals surface area contributed by atoms with Crippen LogP contribution in [0.3, 0.4) is 0 Å². The lowest BCUT2D eigenvalue weighted by molar-refractivity contribution is 0.257. The molecule has 0 aromatic carbocycles. The summed E-state index contributed by atoms with van der Waals surface area (Å²) >= 11 is 0. The van der Waals surface area contributed by atoms with Crippen LogP contribution in [0, 0.1) is 11.3 Å². The normalized spacial score (nSPS) is 10.6. The van der Waals surface area contributed by atoms with Gasteiger partial charge >= 0.3 is 0 Å². The van der Waals surface area contributed by atoms with Crippen molar-refractivity contribution < 1.29 is 5.11 Å². The minimum Gasteiger partial charge on any atom is -0.396 e. The number of aliphatic hydroxyl groups excluding tert-OH is 1. The van der Waals surface area contributed by atoms with Crippen LogP contribution in [-0.4, -0.2) is 34.7 Å². The Hall–Kier alpha value is -1.44. The van der Waals surface area contributed by atoms with E-state index in [2.05, 4.69) is 22.0 Å². The van der Waals surface area contributed by atoms with Crippen LogP contribution in [0.15, 0.2) is 24.5 Å². The Morgan fingerprint density at radius 3 is 2.74 bits per heavy atom. The summed E-state index contributed by atoms with van der Waals surface area (Å²) in [6, 6.07) is 6.22. The van der Waals surface area contributed by atoms with Gasteiger partial charge in [0.2, 0.25) is 0 Å². The molecule has 0 saturated heterocycles. The zero-order chi connectivity index (χ0) is 13.8. The Morgan fingerprint density at radius 2 is 2.05 bits per heavy atom. The molecule has 0 amide bonds. The van der Waals surface area contributed by atoms with Gasteiger partial charge in [-0.3, -0.25) is 9.88 Å². The number of pyridine rings is 1. The summed E-state index contributed by atoms with van der Waals surface area (Å²) in [5.74, 6) is 0. The highest BCUT2D eigenvalue weighted by Crippen LogP contribution is 2.07. The number of hydrogen-bond donors (Lipinski definition) is 1. The van der Waals surface area contributed by atoms with Crippen molar-refractivity contribution in [1.29, 1.82) is 5.26 Å². The second kappa shape index (κ2) is 10.5. The minimum absolute atomic E-state index is 0.286. The van der Waals surface area contributed by atoms with Crippen LogP contribution in [0.4, 0.5) is 0 Å². The van der Waals surface area contributed by atoms with Crippen molar-refractivity contribution in [2.45, 2.75) is 38.6 Å². The maximum absolute atomic E-state index is 8.73. The van der Waals surface area contributed by atoms with Gasteiger partial charge in [-0.2, -0.15) is 5.26 Å². The molecule has 0 atom stereocenters. The summed E-state index contributed by atoms with van der Waals surface area (Å²) in [7, 11) is 0. The monoisotopic (exact) mass is 261 g/mol. The van der Waals surface area contributed by atoms with E-state index >= 15 is 0 Å². The second-order valence-electron chi connectivity index (χ2n) is 4.68. The molecule has 1 rings (SSSR count). The SMILES string of the molecule is N#CCCN(CCCCCCO)Cc1cccnc1. The Morgan fingerprint density at radius 1 is 1.21 bits per heavy atom. The Labute approximate surface area is 115 Å². The number of unbranched alkanes of at least 4 members (excludes halogenated alkanes) is 3. The van der Waals surface area contributed by atoms with E-state index in [1.165, 1.54) is 5.56 Å². The van der Waals surface area contributed by atoms with E-state index < -0.39 is 0 Å². The number of aliphatic hydroxyl groups is 1. The smallest absolute Gasteiger partial charge is 0.0635 e. The molecule has 0 spiro atoms. The molecule has 4 nitrogen and oxygen atoms in total. The van der Waals surface area contributed by atoms with Crippen LogP contribution in [0.1, 0.15) is 37.7 Å². The van der Waals surface area contributed by atoms with E-state index in [1.807, 2.05) is 12.3 Å². The van der Waals surface area contributed by atoms with E-state index in [0.29, 0.717) is 6.42 Å². The predicted octanol–water partition coefficient (Wildman–Crippen LogP) is 2.35. The number of aromatic nitrogens is 1. The highest BCUT2D eigenvalue weighted by Gasteiger charge is 2.05. The van der Waals surface area contributed by atoms with Crippen molar-refractivity contribution in [2.24, 2.45) is 0 Å². The molecular weight excluding hydrogens is 238 g/mol. The average molecular weight is 261 g/mol. The fourth-order valence-electron chi connectivity index (χ4n) is 2.03. The van der Waals surface area contributed by atoms with Gasteiger partial charge in [0.05, 0.1) is 6.07 Å². The number of nitriles is 1. The van der Waals surface area contributed by atoms with Gasteiger partial charge in [0.15, 0.2) is 0 Å². The van der Waals surface area contributed by atoms with Crippen LogP contribution >= 0.6 is 0 Å². The maximum Gasteiger partial charge on any atom is 0.0635 e. The third kappa shape index (κ3) is 7.55. The molecule has 1 aromatic heterocycles. The summed E-state index contributed by atoms with van der Waals surface area (Å²) in [5, 5.41) is 17.4. The lowest BCUT2D eigenvalue weighted by Gasteiger charge is -2.21. The van der Waals surface area contributed by atoms with Crippen LogP contribution in [-0.2, 0) is 6.54 Å². The van der Waals surface area contributed by atoms with E-state index in [0.717, 1.165) is 45.3 Å². The van der Waals surface area contributed by atoms with Gasteiger partial charge in [-0.15, -0.1) is 0 Å². The predicted molar refractivity (Wildman–Crippen MR) is 75.3 cm³/mol.